The number of carbonyl (C=O) groups is 1. The van der Waals surface area contributed by atoms with Crippen LogP contribution in [0.25, 0.3) is 0 Å². The van der Waals surface area contributed by atoms with E-state index in [1.807, 2.05) is 36.1 Å². The van der Waals surface area contributed by atoms with Crippen molar-refractivity contribution in [1.82, 2.24) is 10.2 Å². The molecule has 21 heavy (non-hydrogen) atoms. The Morgan fingerprint density at radius 3 is 2.48 bits per heavy atom. The molecule has 0 aliphatic rings. The summed E-state index contributed by atoms with van der Waals surface area (Å²) in [5.74, 6) is 1.06. The number of methoxy groups -OCH3 is 1. The van der Waals surface area contributed by atoms with Gasteiger partial charge in [-0.1, -0.05) is 26.0 Å². The summed E-state index contributed by atoms with van der Waals surface area (Å²) in [4.78, 5) is 14.1. The first-order valence-electron chi connectivity index (χ1n) is 7.71. The Morgan fingerprint density at radius 1 is 1.29 bits per heavy atom. The molecule has 0 aliphatic heterocycles. The largest absolute Gasteiger partial charge is 0.497 e. The van der Waals surface area contributed by atoms with Crippen LogP contribution in [0.15, 0.2) is 24.3 Å². The van der Waals surface area contributed by atoms with Crippen LogP contribution in [0.4, 0.5) is 0 Å². The number of hydrogen-bond acceptors (Lipinski definition) is 3. The van der Waals surface area contributed by atoms with Crippen molar-refractivity contribution in [2.24, 2.45) is 0 Å². The lowest BCUT2D eigenvalue weighted by molar-refractivity contribution is -0.131. The van der Waals surface area contributed by atoms with E-state index in [0.717, 1.165) is 30.8 Å². The van der Waals surface area contributed by atoms with Crippen LogP contribution in [0.5, 0.6) is 5.75 Å². The highest BCUT2D eigenvalue weighted by Crippen LogP contribution is 2.13. The second-order valence-corrected chi connectivity index (χ2v) is 5.47. The summed E-state index contributed by atoms with van der Waals surface area (Å²) in [6.07, 6.45) is 1.49. The van der Waals surface area contributed by atoms with E-state index in [1.165, 1.54) is 0 Å². The van der Waals surface area contributed by atoms with Crippen LogP contribution >= 0.6 is 0 Å². The Morgan fingerprint density at radius 2 is 1.95 bits per heavy atom. The minimum Gasteiger partial charge on any atom is -0.497 e. The molecule has 1 aromatic rings. The first-order chi connectivity index (χ1) is 10.1. The summed E-state index contributed by atoms with van der Waals surface area (Å²) in [6, 6.07) is 8.35. The molecule has 4 heteroatoms. The molecule has 1 N–H and O–H groups in total. The zero-order valence-corrected chi connectivity index (χ0v) is 13.7. The van der Waals surface area contributed by atoms with Crippen molar-refractivity contribution < 1.29 is 9.53 Å². The number of hydrogen-bond donors (Lipinski definition) is 1. The molecule has 1 aromatic carbocycles. The van der Waals surface area contributed by atoms with Gasteiger partial charge in [0.1, 0.15) is 5.75 Å². The summed E-state index contributed by atoms with van der Waals surface area (Å²) in [5, 5.41) is 3.34. The second kappa shape index (κ2) is 9.40. The zero-order valence-electron chi connectivity index (χ0n) is 13.7. The van der Waals surface area contributed by atoms with Crippen LogP contribution in [-0.2, 0) is 11.3 Å². The van der Waals surface area contributed by atoms with Gasteiger partial charge in [0.2, 0.25) is 5.91 Å². The van der Waals surface area contributed by atoms with Crippen LogP contribution in [-0.4, -0.2) is 37.0 Å². The zero-order chi connectivity index (χ0) is 15.7. The molecule has 0 aliphatic carbocycles. The lowest BCUT2D eigenvalue weighted by Gasteiger charge is -2.21. The first-order valence-corrected chi connectivity index (χ1v) is 7.71. The smallest absolute Gasteiger partial charge is 0.222 e. The number of nitrogens with one attached hydrogen (secondary N) is 1. The van der Waals surface area contributed by atoms with Gasteiger partial charge >= 0.3 is 0 Å². The average molecular weight is 292 g/mol. The molecule has 0 saturated heterocycles. The van der Waals surface area contributed by atoms with Gasteiger partial charge in [-0.3, -0.25) is 4.79 Å². The molecule has 0 saturated carbocycles. The number of amides is 1. The lowest BCUT2D eigenvalue weighted by atomic mass is 10.2. The molecule has 0 aromatic heterocycles. The van der Waals surface area contributed by atoms with E-state index in [0.29, 0.717) is 19.0 Å². The summed E-state index contributed by atoms with van der Waals surface area (Å²) in [6.45, 7) is 8.55. The van der Waals surface area contributed by atoms with Crippen LogP contribution < -0.4 is 10.1 Å². The van der Waals surface area contributed by atoms with Crippen molar-refractivity contribution in [2.75, 3.05) is 20.2 Å². The number of nitrogens with zero attached hydrogens (tertiary/aromatic N) is 1. The molecule has 0 bridgehead atoms. The standard InChI is InChI=1S/C17H28N2O2/c1-5-19(17(20)7-6-12-18-14(2)3)13-15-8-10-16(21-4)11-9-15/h8-11,14,18H,5-7,12-13H2,1-4H3. The quantitative estimate of drug-likeness (QED) is 0.712. The van der Waals surface area contributed by atoms with Crippen molar-refractivity contribution in [2.45, 2.75) is 46.2 Å². The SMILES string of the molecule is CCN(Cc1ccc(OC)cc1)C(=O)CCCNC(C)C. The topological polar surface area (TPSA) is 41.6 Å². The molecule has 0 heterocycles. The van der Waals surface area contributed by atoms with Crippen molar-refractivity contribution in [1.29, 1.82) is 0 Å². The van der Waals surface area contributed by atoms with Gasteiger partial charge in [0.15, 0.2) is 0 Å². The van der Waals surface area contributed by atoms with Crippen LogP contribution in [0.2, 0.25) is 0 Å². The summed E-state index contributed by atoms with van der Waals surface area (Å²) in [5.41, 5.74) is 1.13. The third-order valence-corrected chi connectivity index (χ3v) is 3.39. The minimum atomic E-state index is 0.221. The number of benzene rings is 1. The average Bonchev–Trinajstić information content (AvgIpc) is 2.49. The molecule has 0 spiro atoms. The van der Waals surface area contributed by atoms with E-state index < -0.39 is 0 Å². The molecular weight excluding hydrogens is 264 g/mol. The van der Waals surface area contributed by atoms with Gasteiger partial charge in [0, 0.05) is 25.6 Å². The predicted octanol–water partition coefficient (Wildman–Crippen LogP) is 2.82. The van der Waals surface area contributed by atoms with Gasteiger partial charge in [-0.2, -0.15) is 0 Å². The second-order valence-electron chi connectivity index (χ2n) is 5.47. The van der Waals surface area contributed by atoms with E-state index in [1.54, 1.807) is 7.11 Å². The third kappa shape index (κ3) is 6.63. The summed E-state index contributed by atoms with van der Waals surface area (Å²) < 4.78 is 5.15. The van der Waals surface area contributed by atoms with Gasteiger partial charge < -0.3 is 15.0 Å². The highest BCUT2D eigenvalue weighted by Gasteiger charge is 2.11. The molecule has 1 amide bonds. The molecule has 0 fully saturated rings. The van der Waals surface area contributed by atoms with Gasteiger partial charge in [-0.25, -0.2) is 0 Å². The molecule has 4 nitrogen and oxygen atoms in total. The third-order valence-electron chi connectivity index (χ3n) is 3.39. The molecule has 1 rings (SSSR count). The summed E-state index contributed by atoms with van der Waals surface area (Å²) in [7, 11) is 1.65. The van der Waals surface area contributed by atoms with Crippen LogP contribution in [0, 0.1) is 0 Å². The van der Waals surface area contributed by atoms with Gasteiger partial charge in [-0.05, 0) is 37.6 Å². The maximum absolute atomic E-state index is 12.2. The maximum Gasteiger partial charge on any atom is 0.222 e. The Kier molecular flexibility index (Phi) is 7.83. The van der Waals surface area contributed by atoms with Crippen LogP contribution in [0.1, 0.15) is 39.2 Å². The predicted molar refractivity (Wildman–Crippen MR) is 86.5 cm³/mol. The minimum absolute atomic E-state index is 0.221. The fraction of sp³-hybridized carbons (Fsp3) is 0.588. The van der Waals surface area contributed by atoms with E-state index in [4.69, 9.17) is 4.74 Å². The maximum atomic E-state index is 12.2. The van der Waals surface area contributed by atoms with E-state index in [2.05, 4.69) is 19.2 Å². The Hall–Kier alpha value is -1.55. The highest BCUT2D eigenvalue weighted by atomic mass is 16.5. The highest BCUT2D eigenvalue weighted by molar-refractivity contribution is 5.76. The monoisotopic (exact) mass is 292 g/mol. The van der Waals surface area contributed by atoms with Crippen molar-refractivity contribution >= 4 is 5.91 Å². The van der Waals surface area contributed by atoms with Crippen molar-refractivity contribution in [3.63, 3.8) is 0 Å². The Labute approximate surface area is 128 Å². The molecule has 0 radical (unpaired) electrons. The van der Waals surface area contributed by atoms with E-state index >= 15 is 0 Å². The fourth-order valence-corrected chi connectivity index (χ4v) is 2.12. The van der Waals surface area contributed by atoms with Crippen molar-refractivity contribution in [3.8, 4) is 5.75 Å². The normalized spacial score (nSPS) is 10.7. The molecule has 0 unspecified atom stereocenters. The molecular formula is C17H28N2O2. The number of ether oxygens (including phenoxy) is 1. The van der Waals surface area contributed by atoms with Gasteiger partial charge in [0.05, 0.1) is 7.11 Å². The molecule has 0 atom stereocenters. The van der Waals surface area contributed by atoms with Crippen LogP contribution in [0.3, 0.4) is 0 Å². The number of carbonyl (C=O) groups excluding carboxylic acids is 1. The lowest BCUT2D eigenvalue weighted by Crippen LogP contribution is -2.31. The van der Waals surface area contributed by atoms with Crippen molar-refractivity contribution in [3.05, 3.63) is 29.8 Å². The molecule has 118 valence electrons. The number of rotatable bonds is 9. The summed E-state index contributed by atoms with van der Waals surface area (Å²) >= 11 is 0. The fourth-order valence-electron chi connectivity index (χ4n) is 2.12. The van der Waals surface area contributed by atoms with Gasteiger partial charge in [-0.15, -0.1) is 0 Å². The van der Waals surface area contributed by atoms with Gasteiger partial charge in [0.25, 0.3) is 0 Å². The van der Waals surface area contributed by atoms with E-state index in [9.17, 15) is 4.79 Å². The Bertz CT molecular complexity index is 415. The Balaban J connectivity index is 2.43. The van der Waals surface area contributed by atoms with E-state index in [-0.39, 0.29) is 5.91 Å². The first kappa shape index (κ1) is 17.5.